The Kier molecular flexibility index (Phi) is 1.89. The van der Waals surface area contributed by atoms with Gasteiger partial charge >= 0.3 is 0 Å². The predicted molar refractivity (Wildman–Crippen MR) is 52.8 cm³/mol. The average Bonchev–Trinajstić information content (AvgIpc) is 2.46. The summed E-state index contributed by atoms with van der Waals surface area (Å²) in [5, 5.41) is 1.17. The number of aromatic nitrogens is 1. The molecule has 0 fully saturated rings. The van der Waals surface area contributed by atoms with Gasteiger partial charge in [0.25, 0.3) is 0 Å². The molecule has 1 aromatic carbocycles. The number of hydrogen-bond donors (Lipinski definition) is 1. The first-order chi connectivity index (χ1) is 6.29. The van der Waals surface area contributed by atoms with E-state index in [0.29, 0.717) is 6.42 Å². The number of rotatable bonds is 2. The van der Waals surface area contributed by atoms with E-state index in [9.17, 15) is 4.79 Å². The van der Waals surface area contributed by atoms with Gasteiger partial charge in [0.1, 0.15) is 6.29 Å². The molecule has 0 spiro atoms. The third-order valence-electron chi connectivity index (χ3n) is 2.14. The molecule has 0 bridgehead atoms. The van der Waals surface area contributed by atoms with E-state index in [-0.39, 0.29) is 0 Å². The van der Waals surface area contributed by atoms with Crippen molar-refractivity contribution in [3.05, 3.63) is 35.5 Å². The van der Waals surface area contributed by atoms with Gasteiger partial charge in [0.2, 0.25) is 0 Å². The van der Waals surface area contributed by atoms with Crippen LogP contribution in [0.1, 0.15) is 11.3 Å². The maximum absolute atomic E-state index is 10.3. The molecule has 2 heteroatoms. The third-order valence-corrected chi connectivity index (χ3v) is 2.14. The standard InChI is InChI=1S/C11H11NO/c1-8-2-3-9-7-10(4-5-13)12-11(9)6-8/h2-3,5-7,12H,4H2,1H3. The summed E-state index contributed by atoms with van der Waals surface area (Å²) < 4.78 is 0. The van der Waals surface area contributed by atoms with Crippen LogP contribution in [0.3, 0.4) is 0 Å². The highest BCUT2D eigenvalue weighted by Gasteiger charge is 1.99. The summed E-state index contributed by atoms with van der Waals surface area (Å²) in [7, 11) is 0. The molecule has 0 saturated carbocycles. The summed E-state index contributed by atoms with van der Waals surface area (Å²) in [5.41, 5.74) is 3.32. The lowest BCUT2D eigenvalue weighted by Gasteiger charge is -1.90. The quantitative estimate of drug-likeness (QED) is 0.694. The Morgan fingerprint density at radius 1 is 1.38 bits per heavy atom. The largest absolute Gasteiger partial charge is 0.358 e. The van der Waals surface area contributed by atoms with Gasteiger partial charge in [0, 0.05) is 17.6 Å². The zero-order valence-electron chi connectivity index (χ0n) is 7.50. The van der Waals surface area contributed by atoms with Crippen LogP contribution in [0.25, 0.3) is 10.9 Å². The molecule has 0 unspecified atom stereocenters. The molecular weight excluding hydrogens is 162 g/mol. The molecule has 1 aromatic heterocycles. The number of aromatic amines is 1. The molecule has 2 nitrogen and oxygen atoms in total. The fourth-order valence-electron chi connectivity index (χ4n) is 1.50. The summed E-state index contributed by atoms with van der Waals surface area (Å²) >= 11 is 0. The number of carbonyl (C=O) groups excluding carboxylic acids is 1. The number of nitrogens with one attached hydrogen (secondary N) is 1. The molecule has 0 aliphatic carbocycles. The van der Waals surface area contributed by atoms with Crippen molar-refractivity contribution in [3.63, 3.8) is 0 Å². The van der Waals surface area contributed by atoms with Gasteiger partial charge in [0.05, 0.1) is 0 Å². The van der Waals surface area contributed by atoms with Crippen LogP contribution < -0.4 is 0 Å². The lowest BCUT2D eigenvalue weighted by atomic mass is 10.2. The minimum absolute atomic E-state index is 0.466. The molecule has 66 valence electrons. The highest BCUT2D eigenvalue weighted by molar-refractivity contribution is 5.81. The Hall–Kier alpha value is -1.57. The van der Waals surface area contributed by atoms with E-state index in [2.05, 4.69) is 30.1 Å². The molecule has 0 amide bonds. The lowest BCUT2D eigenvalue weighted by Crippen LogP contribution is -1.83. The van der Waals surface area contributed by atoms with Crippen molar-refractivity contribution in [1.82, 2.24) is 4.98 Å². The second-order valence-corrected chi connectivity index (χ2v) is 3.26. The maximum Gasteiger partial charge on any atom is 0.125 e. The average molecular weight is 173 g/mol. The molecule has 0 radical (unpaired) electrons. The Morgan fingerprint density at radius 2 is 2.23 bits per heavy atom. The highest BCUT2D eigenvalue weighted by Crippen LogP contribution is 2.16. The van der Waals surface area contributed by atoms with Crippen molar-refractivity contribution in [2.75, 3.05) is 0 Å². The summed E-state index contributed by atoms with van der Waals surface area (Å²) in [6.07, 6.45) is 1.38. The van der Waals surface area contributed by atoms with Gasteiger partial charge in [-0.3, -0.25) is 0 Å². The Balaban J connectivity index is 2.55. The maximum atomic E-state index is 10.3. The highest BCUT2D eigenvalue weighted by atomic mass is 16.1. The van der Waals surface area contributed by atoms with Crippen LogP contribution in [0, 0.1) is 6.92 Å². The normalized spacial score (nSPS) is 10.5. The Morgan fingerprint density at radius 3 is 3.00 bits per heavy atom. The summed E-state index contributed by atoms with van der Waals surface area (Å²) in [6.45, 7) is 2.06. The van der Waals surface area contributed by atoms with Gasteiger partial charge in [-0.25, -0.2) is 0 Å². The van der Waals surface area contributed by atoms with Crippen molar-refractivity contribution in [3.8, 4) is 0 Å². The van der Waals surface area contributed by atoms with Crippen LogP contribution in [0.5, 0.6) is 0 Å². The SMILES string of the molecule is Cc1ccc2cc(CC=O)[nH]c2c1. The number of H-pyrrole nitrogens is 1. The van der Waals surface area contributed by atoms with Crippen molar-refractivity contribution in [2.24, 2.45) is 0 Å². The molecule has 2 rings (SSSR count). The number of aryl methyl sites for hydroxylation is 1. The summed E-state index contributed by atoms with van der Waals surface area (Å²) in [5.74, 6) is 0. The monoisotopic (exact) mass is 173 g/mol. The van der Waals surface area contributed by atoms with Gasteiger partial charge in [0.15, 0.2) is 0 Å². The number of carbonyl (C=O) groups is 1. The number of fused-ring (bicyclic) bond motifs is 1. The van der Waals surface area contributed by atoms with E-state index in [1.165, 1.54) is 10.9 Å². The van der Waals surface area contributed by atoms with E-state index in [4.69, 9.17) is 0 Å². The second kappa shape index (κ2) is 3.05. The van der Waals surface area contributed by atoms with Gasteiger partial charge in [-0.2, -0.15) is 0 Å². The molecule has 0 aliphatic heterocycles. The molecule has 13 heavy (non-hydrogen) atoms. The van der Waals surface area contributed by atoms with Crippen molar-refractivity contribution in [2.45, 2.75) is 13.3 Å². The van der Waals surface area contributed by atoms with E-state index in [0.717, 1.165) is 17.5 Å². The van der Waals surface area contributed by atoms with Gasteiger partial charge in [-0.15, -0.1) is 0 Å². The molecule has 1 heterocycles. The second-order valence-electron chi connectivity index (χ2n) is 3.26. The zero-order valence-corrected chi connectivity index (χ0v) is 7.50. The van der Waals surface area contributed by atoms with Crippen LogP contribution in [0.4, 0.5) is 0 Å². The summed E-state index contributed by atoms with van der Waals surface area (Å²) in [6, 6.07) is 8.24. The molecule has 0 atom stereocenters. The van der Waals surface area contributed by atoms with Crippen molar-refractivity contribution < 1.29 is 4.79 Å². The summed E-state index contributed by atoms with van der Waals surface area (Å²) in [4.78, 5) is 13.5. The molecule has 2 aromatic rings. The smallest absolute Gasteiger partial charge is 0.125 e. The number of aldehydes is 1. The van der Waals surface area contributed by atoms with Gasteiger partial charge in [-0.05, 0) is 30.0 Å². The number of hydrogen-bond acceptors (Lipinski definition) is 1. The molecule has 0 saturated heterocycles. The van der Waals surface area contributed by atoms with E-state index in [1.54, 1.807) is 0 Å². The Bertz CT molecular complexity index is 442. The lowest BCUT2D eigenvalue weighted by molar-refractivity contribution is -0.107. The van der Waals surface area contributed by atoms with Crippen molar-refractivity contribution in [1.29, 1.82) is 0 Å². The minimum atomic E-state index is 0.466. The van der Waals surface area contributed by atoms with Gasteiger partial charge < -0.3 is 9.78 Å². The van der Waals surface area contributed by atoms with Crippen LogP contribution in [-0.4, -0.2) is 11.3 Å². The third kappa shape index (κ3) is 1.47. The van der Waals surface area contributed by atoms with E-state index in [1.807, 2.05) is 6.07 Å². The van der Waals surface area contributed by atoms with E-state index >= 15 is 0 Å². The number of benzene rings is 1. The van der Waals surface area contributed by atoms with Crippen LogP contribution in [-0.2, 0) is 11.2 Å². The minimum Gasteiger partial charge on any atom is -0.358 e. The van der Waals surface area contributed by atoms with Gasteiger partial charge in [-0.1, -0.05) is 12.1 Å². The van der Waals surface area contributed by atoms with Crippen LogP contribution in [0.2, 0.25) is 0 Å². The molecule has 0 aliphatic rings. The fourth-order valence-corrected chi connectivity index (χ4v) is 1.50. The predicted octanol–water partition coefficient (Wildman–Crippen LogP) is 2.22. The Labute approximate surface area is 76.6 Å². The van der Waals surface area contributed by atoms with Crippen molar-refractivity contribution >= 4 is 17.2 Å². The first-order valence-corrected chi connectivity index (χ1v) is 4.31. The van der Waals surface area contributed by atoms with Crippen LogP contribution >= 0.6 is 0 Å². The zero-order chi connectivity index (χ0) is 9.26. The molecular formula is C11H11NO. The first kappa shape index (κ1) is 8.05. The van der Waals surface area contributed by atoms with Crippen LogP contribution in [0.15, 0.2) is 24.3 Å². The van der Waals surface area contributed by atoms with E-state index < -0.39 is 0 Å². The topological polar surface area (TPSA) is 32.9 Å². The first-order valence-electron chi connectivity index (χ1n) is 4.31. The molecule has 1 N–H and O–H groups in total. The fraction of sp³-hybridized carbons (Fsp3) is 0.182.